The zero-order valence-electron chi connectivity index (χ0n) is 14.1. The standard InChI is InChI=1S/C17H12BrN5O5/c18-17-19-6-10(21-17)13(25)20-7-1-2-8-9(5-7)16(28)23(15(8)27)11-3-4-12(24)22-14(11)26/h1-2,5-6,11H,3-4H2,(H,19,21)(H,20,25)(H,22,24,26). The fourth-order valence-corrected chi connectivity index (χ4v) is 3.48. The van der Waals surface area contributed by atoms with Gasteiger partial charge in [0.2, 0.25) is 11.8 Å². The Bertz CT molecular complexity index is 1060. The molecule has 11 heteroatoms. The Morgan fingerprint density at radius 1 is 1.18 bits per heavy atom. The van der Waals surface area contributed by atoms with Crippen LogP contribution in [0, 0.1) is 0 Å². The topological polar surface area (TPSA) is 141 Å². The van der Waals surface area contributed by atoms with Crippen LogP contribution in [0.2, 0.25) is 0 Å². The van der Waals surface area contributed by atoms with Crippen molar-refractivity contribution in [3.05, 3.63) is 46.0 Å². The van der Waals surface area contributed by atoms with Gasteiger partial charge in [0.15, 0.2) is 4.73 Å². The lowest BCUT2D eigenvalue weighted by atomic mass is 10.0. The summed E-state index contributed by atoms with van der Waals surface area (Å²) in [5.41, 5.74) is 0.732. The van der Waals surface area contributed by atoms with E-state index in [9.17, 15) is 24.0 Å². The second kappa shape index (κ2) is 6.68. The number of aromatic nitrogens is 2. The van der Waals surface area contributed by atoms with Gasteiger partial charge in [-0.05, 0) is 40.5 Å². The van der Waals surface area contributed by atoms with Crippen molar-refractivity contribution in [2.75, 3.05) is 5.32 Å². The number of piperidine rings is 1. The monoisotopic (exact) mass is 445 g/mol. The molecule has 4 rings (SSSR count). The first kappa shape index (κ1) is 18.0. The van der Waals surface area contributed by atoms with Crippen molar-refractivity contribution in [1.82, 2.24) is 20.2 Å². The van der Waals surface area contributed by atoms with E-state index in [2.05, 4.69) is 36.5 Å². The Balaban J connectivity index is 1.58. The van der Waals surface area contributed by atoms with Crippen molar-refractivity contribution in [3.8, 4) is 0 Å². The number of hydrogen-bond donors (Lipinski definition) is 3. The number of imide groups is 2. The summed E-state index contributed by atoms with van der Waals surface area (Å²) in [5, 5.41) is 4.75. The summed E-state index contributed by atoms with van der Waals surface area (Å²) >= 11 is 3.11. The third-order valence-electron chi connectivity index (χ3n) is 4.49. The average molecular weight is 446 g/mol. The van der Waals surface area contributed by atoms with E-state index in [1.807, 2.05) is 0 Å². The average Bonchev–Trinajstić information content (AvgIpc) is 3.18. The molecule has 28 heavy (non-hydrogen) atoms. The molecule has 5 amide bonds. The molecule has 142 valence electrons. The minimum atomic E-state index is -1.04. The highest BCUT2D eigenvalue weighted by Gasteiger charge is 2.44. The quantitative estimate of drug-likeness (QED) is 0.597. The van der Waals surface area contributed by atoms with Crippen LogP contribution in [0.25, 0.3) is 0 Å². The number of amides is 5. The van der Waals surface area contributed by atoms with Crippen molar-refractivity contribution in [2.45, 2.75) is 18.9 Å². The number of nitrogens with zero attached hydrogens (tertiary/aromatic N) is 2. The Morgan fingerprint density at radius 2 is 1.93 bits per heavy atom. The zero-order valence-corrected chi connectivity index (χ0v) is 15.7. The van der Waals surface area contributed by atoms with Gasteiger partial charge in [0.1, 0.15) is 11.7 Å². The summed E-state index contributed by atoms with van der Waals surface area (Å²) in [7, 11) is 0. The maximum absolute atomic E-state index is 12.7. The maximum atomic E-state index is 12.7. The first-order chi connectivity index (χ1) is 13.3. The highest BCUT2D eigenvalue weighted by Crippen LogP contribution is 2.29. The third-order valence-corrected chi connectivity index (χ3v) is 4.89. The van der Waals surface area contributed by atoms with Gasteiger partial charge in [-0.2, -0.15) is 0 Å². The van der Waals surface area contributed by atoms with Crippen LogP contribution in [-0.2, 0) is 9.59 Å². The first-order valence-electron chi connectivity index (χ1n) is 8.22. The molecule has 3 heterocycles. The Labute approximate surface area is 165 Å². The number of carbonyl (C=O) groups excluding carboxylic acids is 5. The molecule has 2 aliphatic heterocycles. The van der Waals surface area contributed by atoms with Gasteiger partial charge in [0.05, 0.1) is 17.3 Å². The summed E-state index contributed by atoms with van der Waals surface area (Å²) in [6.07, 6.45) is 1.46. The van der Waals surface area contributed by atoms with Crippen LogP contribution >= 0.6 is 15.9 Å². The van der Waals surface area contributed by atoms with Gasteiger partial charge >= 0.3 is 0 Å². The van der Waals surface area contributed by atoms with Gasteiger partial charge in [-0.15, -0.1) is 0 Å². The molecule has 2 aromatic rings. The summed E-state index contributed by atoms with van der Waals surface area (Å²) in [6.45, 7) is 0. The van der Waals surface area contributed by atoms with E-state index in [1.54, 1.807) is 0 Å². The van der Waals surface area contributed by atoms with E-state index in [0.29, 0.717) is 10.4 Å². The molecule has 1 saturated heterocycles. The Morgan fingerprint density at radius 3 is 2.61 bits per heavy atom. The van der Waals surface area contributed by atoms with Crippen molar-refractivity contribution in [1.29, 1.82) is 0 Å². The number of rotatable bonds is 3. The predicted octanol–water partition coefficient (Wildman–Crippen LogP) is 0.826. The second-order valence-corrected chi connectivity index (χ2v) is 7.00. The lowest BCUT2D eigenvalue weighted by molar-refractivity contribution is -0.136. The smallest absolute Gasteiger partial charge is 0.273 e. The number of imidazole rings is 1. The molecule has 0 aliphatic carbocycles. The van der Waals surface area contributed by atoms with Crippen LogP contribution in [0.3, 0.4) is 0 Å². The molecule has 10 nitrogen and oxygen atoms in total. The number of halogens is 1. The molecule has 1 unspecified atom stereocenters. The first-order valence-corrected chi connectivity index (χ1v) is 9.02. The van der Waals surface area contributed by atoms with E-state index in [1.165, 1.54) is 24.4 Å². The molecule has 2 aliphatic rings. The molecule has 1 fully saturated rings. The van der Waals surface area contributed by atoms with Crippen LogP contribution in [0.5, 0.6) is 0 Å². The van der Waals surface area contributed by atoms with Gasteiger partial charge < -0.3 is 10.3 Å². The van der Waals surface area contributed by atoms with Crippen molar-refractivity contribution in [2.24, 2.45) is 0 Å². The molecular weight excluding hydrogens is 434 g/mol. The zero-order chi connectivity index (χ0) is 20.0. The van der Waals surface area contributed by atoms with Crippen LogP contribution < -0.4 is 10.6 Å². The van der Waals surface area contributed by atoms with Gasteiger partial charge in [-0.1, -0.05) is 0 Å². The highest BCUT2D eigenvalue weighted by molar-refractivity contribution is 9.10. The number of hydrogen-bond acceptors (Lipinski definition) is 6. The lowest BCUT2D eigenvalue weighted by Crippen LogP contribution is -2.54. The third kappa shape index (κ3) is 2.99. The van der Waals surface area contributed by atoms with E-state index in [4.69, 9.17) is 0 Å². The minimum Gasteiger partial charge on any atom is -0.328 e. The van der Waals surface area contributed by atoms with Crippen LogP contribution in [-0.4, -0.2) is 50.4 Å². The second-order valence-electron chi connectivity index (χ2n) is 6.25. The van der Waals surface area contributed by atoms with E-state index in [0.717, 1.165) is 4.90 Å². The Hall–Kier alpha value is -3.34. The summed E-state index contributed by atoms with van der Waals surface area (Å²) in [4.78, 5) is 68.4. The molecule has 3 N–H and O–H groups in total. The van der Waals surface area contributed by atoms with Crippen LogP contribution in [0.1, 0.15) is 44.0 Å². The summed E-state index contributed by atoms with van der Waals surface area (Å²) in [5.74, 6) is -2.84. The number of H-pyrrole nitrogens is 1. The number of nitrogens with one attached hydrogen (secondary N) is 3. The highest BCUT2D eigenvalue weighted by atomic mass is 79.9. The molecule has 0 spiro atoms. The predicted molar refractivity (Wildman–Crippen MR) is 97.4 cm³/mol. The molecular formula is C17H12BrN5O5. The largest absolute Gasteiger partial charge is 0.328 e. The number of benzene rings is 1. The van der Waals surface area contributed by atoms with Crippen molar-refractivity contribution < 1.29 is 24.0 Å². The van der Waals surface area contributed by atoms with Gasteiger partial charge in [0.25, 0.3) is 17.7 Å². The summed E-state index contributed by atoms with van der Waals surface area (Å²) < 4.78 is 0.396. The minimum absolute atomic E-state index is 0.0465. The molecule has 0 saturated carbocycles. The van der Waals surface area contributed by atoms with Crippen LogP contribution in [0.4, 0.5) is 5.69 Å². The molecule has 0 bridgehead atoms. The van der Waals surface area contributed by atoms with Gasteiger partial charge in [-0.25, -0.2) is 4.98 Å². The maximum Gasteiger partial charge on any atom is 0.273 e. The fraction of sp³-hybridized carbons (Fsp3) is 0.176. The molecule has 1 aromatic heterocycles. The number of carbonyl (C=O) groups is 5. The van der Waals surface area contributed by atoms with Gasteiger partial charge in [0, 0.05) is 12.1 Å². The lowest BCUT2D eigenvalue weighted by Gasteiger charge is -2.27. The molecule has 1 aromatic carbocycles. The van der Waals surface area contributed by atoms with E-state index >= 15 is 0 Å². The molecule has 0 radical (unpaired) electrons. The van der Waals surface area contributed by atoms with Crippen molar-refractivity contribution in [3.63, 3.8) is 0 Å². The molecule has 1 atom stereocenters. The van der Waals surface area contributed by atoms with Crippen LogP contribution in [0.15, 0.2) is 29.1 Å². The van der Waals surface area contributed by atoms with E-state index in [-0.39, 0.29) is 29.7 Å². The van der Waals surface area contributed by atoms with Crippen molar-refractivity contribution >= 4 is 51.2 Å². The number of aromatic amines is 1. The Kier molecular flexibility index (Phi) is 4.30. The van der Waals surface area contributed by atoms with Gasteiger partial charge in [-0.3, -0.25) is 34.2 Å². The SMILES string of the molecule is O=C1CCC(N2C(=O)c3ccc(NC(=O)c4cnc(Br)[nH]4)cc3C2=O)C(=O)N1. The van der Waals surface area contributed by atoms with E-state index < -0.39 is 35.6 Å². The number of fused-ring (bicyclic) bond motifs is 1. The number of anilines is 1. The summed E-state index contributed by atoms with van der Waals surface area (Å²) in [6, 6.07) is 3.25. The normalized spacial score (nSPS) is 18.9. The fourth-order valence-electron chi connectivity index (χ4n) is 3.16.